The largest absolute Gasteiger partial charge is 0.311 e. The van der Waals surface area contributed by atoms with Crippen molar-refractivity contribution in [1.29, 1.82) is 0 Å². The smallest absolute Gasteiger partial charge is 0.248 e. The topological polar surface area (TPSA) is 54.5 Å². The van der Waals surface area contributed by atoms with E-state index >= 15 is 0 Å². The van der Waals surface area contributed by atoms with Gasteiger partial charge in [-0.25, -0.2) is 8.42 Å². The van der Waals surface area contributed by atoms with Crippen molar-refractivity contribution in [2.75, 3.05) is 11.4 Å². The highest BCUT2D eigenvalue weighted by molar-refractivity contribution is 7.93. The minimum atomic E-state index is -3.80. The van der Waals surface area contributed by atoms with Gasteiger partial charge in [0.25, 0.3) is 0 Å². The lowest BCUT2D eigenvalue weighted by Crippen LogP contribution is -2.53. The fourth-order valence-corrected chi connectivity index (χ4v) is 7.16. The number of aryl methyl sites for hydroxylation is 3. The van der Waals surface area contributed by atoms with Gasteiger partial charge >= 0.3 is 0 Å². The van der Waals surface area contributed by atoms with Gasteiger partial charge in [0.2, 0.25) is 5.91 Å². The van der Waals surface area contributed by atoms with E-state index in [4.69, 9.17) is 0 Å². The van der Waals surface area contributed by atoms with Crippen LogP contribution in [0.4, 0.5) is 5.69 Å². The average Bonchev–Trinajstić information content (AvgIpc) is 3.20. The summed E-state index contributed by atoms with van der Waals surface area (Å²) in [5, 5.41) is 0. The zero-order valence-electron chi connectivity index (χ0n) is 16.6. The number of sulfone groups is 1. The number of benzene rings is 2. The van der Waals surface area contributed by atoms with Crippen LogP contribution in [0.1, 0.15) is 48.8 Å². The molecule has 1 saturated carbocycles. The van der Waals surface area contributed by atoms with Gasteiger partial charge < -0.3 is 4.90 Å². The van der Waals surface area contributed by atoms with E-state index in [0.29, 0.717) is 29.8 Å². The number of carbonyl (C=O) groups excluding carboxylic acids is 1. The molecular formula is C23H27NO3S. The molecule has 0 spiro atoms. The van der Waals surface area contributed by atoms with Crippen LogP contribution >= 0.6 is 0 Å². The number of nitrogens with zero attached hydrogens (tertiary/aromatic N) is 1. The van der Waals surface area contributed by atoms with Crippen LogP contribution in [0.15, 0.2) is 47.4 Å². The molecule has 0 N–H and O–H groups in total. The normalized spacial score (nSPS) is 18.7. The Hall–Kier alpha value is -2.14. The van der Waals surface area contributed by atoms with Crippen LogP contribution in [0.25, 0.3) is 0 Å². The first kappa shape index (κ1) is 19.2. The summed E-state index contributed by atoms with van der Waals surface area (Å²) in [5.74, 6) is -0.238. The minimum Gasteiger partial charge on any atom is -0.311 e. The van der Waals surface area contributed by atoms with Crippen LogP contribution in [0, 0.1) is 13.8 Å². The minimum absolute atomic E-state index is 0.238. The molecule has 148 valence electrons. The van der Waals surface area contributed by atoms with Gasteiger partial charge in [-0.05, 0) is 68.4 Å². The lowest BCUT2D eigenvalue weighted by Gasteiger charge is -2.37. The summed E-state index contributed by atoms with van der Waals surface area (Å²) in [6.45, 7) is 4.29. The molecular weight excluding hydrogens is 370 g/mol. The van der Waals surface area contributed by atoms with E-state index in [1.165, 1.54) is 0 Å². The number of anilines is 1. The molecule has 4 nitrogen and oxygen atoms in total. The Balaban J connectivity index is 1.83. The van der Waals surface area contributed by atoms with Crippen molar-refractivity contribution in [3.63, 3.8) is 0 Å². The fraction of sp³-hybridized carbons (Fsp3) is 0.435. The second kappa shape index (κ2) is 7.03. The lowest BCUT2D eigenvalue weighted by atomic mass is 9.98. The Morgan fingerprint density at radius 2 is 1.71 bits per heavy atom. The Bertz CT molecular complexity index is 1020. The third kappa shape index (κ3) is 2.87. The van der Waals surface area contributed by atoms with E-state index in [9.17, 15) is 13.2 Å². The van der Waals surface area contributed by atoms with Gasteiger partial charge in [0, 0.05) is 12.2 Å². The summed E-state index contributed by atoms with van der Waals surface area (Å²) < 4.78 is 26.4. The number of rotatable bonds is 3. The molecule has 4 rings (SSSR count). The van der Waals surface area contributed by atoms with E-state index in [-0.39, 0.29) is 5.91 Å². The average molecular weight is 398 g/mol. The summed E-state index contributed by atoms with van der Waals surface area (Å²) in [6, 6.07) is 13.4. The van der Waals surface area contributed by atoms with Crippen LogP contribution in [0.3, 0.4) is 0 Å². The van der Waals surface area contributed by atoms with Gasteiger partial charge in [-0.3, -0.25) is 4.79 Å². The van der Waals surface area contributed by atoms with Crippen LogP contribution in [0.5, 0.6) is 0 Å². The van der Waals surface area contributed by atoms with Gasteiger partial charge in [0.15, 0.2) is 14.6 Å². The highest BCUT2D eigenvalue weighted by Gasteiger charge is 2.55. The molecule has 1 aliphatic heterocycles. The van der Waals surface area contributed by atoms with Crippen molar-refractivity contribution in [2.24, 2.45) is 0 Å². The highest BCUT2D eigenvalue weighted by atomic mass is 32.2. The molecule has 2 aromatic carbocycles. The Labute approximate surface area is 167 Å². The first-order valence-corrected chi connectivity index (χ1v) is 11.6. The van der Waals surface area contributed by atoms with E-state index in [1.807, 2.05) is 50.2 Å². The maximum atomic E-state index is 13.9. The SMILES string of the molecule is Cc1ccc(C)c(S(=O)(=O)C2(C(=O)N3CCCc4ccccc43)CCCC2)c1. The van der Waals surface area contributed by atoms with Crippen LogP contribution in [-0.4, -0.2) is 25.6 Å². The number of amides is 1. The zero-order valence-corrected chi connectivity index (χ0v) is 17.4. The summed E-state index contributed by atoms with van der Waals surface area (Å²) in [6.07, 6.45) is 4.14. The zero-order chi connectivity index (χ0) is 19.9. The molecule has 0 saturated heterocycles. The van der Waals surface area contributed by atoms with Gasteiger partial charge in [-0.15, -0.1) is 0 Å². The van der Waals surface area contributed by atoms with Gasteiger partial charge in [0.05, 0.1) is 4.90 Å². The van der Waals surface area contributed by atoms with Crippen LogP contribution in [0.2, 0.25) is 0 Å². The summed E-state index contributed by atoms with van der Waals surface area (Å²) in [4.78, 5) is 15.9. The van der Waals surface area contributed by atoms with Crippen molar-refractivity contribution >= 4 is 21.4 Å². The van der Waals surface area contributed by atoms with Crippen molar-refractivity contribution in [3.05, 3.63) is 59.2 Å². The Kier molecular flexibility index (Phi) is 4.82. The third-order valence-electron chi connectivity index (χ3n) is 6.30. The van der Waals surface area contributed by atoms with Crippen molar-refractivity contribution in [1.82, 2.24) is 0 Å². The second-order valence-electron chi connectivity index (χ2n) is 8.16. The van der Waals surface area contributed by atoms with Crippen molar-refractivity contribution in [3.8, 4) is 0 Å². The Morgan fingerprint density at radius 1 is 1.00 bits per heavy atom. The monoisotopic (exact) mass is 397 g/mol. The highest BCUT2D eigenvalue weighted by Crippen LogP contribution is 2.44. The van der Waals surface area contributed by atoms with Crippen molar-refractivity contribution < 1.29 is 13.2 Å². The molecule has 28 heavy (non-hydrogen) atoms. The maximum Gasteiger partial charge on any atom is 0.248 e. The first-order valence-electron chi connectivity index (χ1n) is 10.1. The molecule has 0 radical (unpaired) electrons. The van der Waals surface area contributed by atoms with Crippen molar-refractivity contribution in [2.45, 2.75) is 62.0 Å². The lowest BCUT2D eigenvalue weighted by molar-refractivity contribution is -0.121. The fourth-order valence-electron chi connectivity index (χ4n) is 4.74. The molecule has 1 fully saturated rings. The quantitative estimate of drug-likeness (QED) is 0.773. The molecule has 0 bridgehead atoms. The molecule has 0 unspecified atom stereocenters. The van der Waals surface area contributed by atoms with E-state index in [2.05, 4.69) is 0 Å². The third-order valence-corrected chi connectivity index (χ3v) is 8.93. The van der Waals surface area contributed by atoms with Gasteiger partial charge in [-0.2, -0.15) is 0 Å². The molecule has 5 heteroatoms. The maximum absolute atomic E-state index is 13.9. The second-order valence-corrected chi connectivity index (χ2v) is 10.4. The van der Waals surface area contributed by atoms with Crippen LogP contribution in [-0.2, 0) is 21.1 Å². The van der Waals surface area contributed by atoms with E-state index in [1.54, 1.807) is 11.0 Å². The predicted octanol–water partition coefficient (Wildman–Crippen LogP) is 4.37. The summed E-state index contributed by atoms with van der Waals surface area (Å²) >= 11 is 0. The molecule has 0 atom stereocenters. The van der Waals surface area contributed by atoms with Crippen LogP contribution < -0.4 is 4.90 Å². The molecule has 2 aliphatic rings. The standard InChI is InChI=1S/C23H27NO3S/c1-17-11-12-18(2)21(16-17)28(26,27)23(13-5-6-14-23)22(25)24-15-7-9-19-8-3-4-10-20(19)24/h3-4,8,10-12,16H,5-7,9,13-15H2,1-2H3. The van der Waals surface area contributed by atoms with Gasteiger partial charge in [-0.1, -0.05) is 43.2 Å². The number of hydrogen-bond donors (Lipinski definition) is 0. The predicted molar refractivity (Wildman–Crippen MR) is 111 cm³/mol. The molecule has 1 heterocycles. The van der Waals surface area contributed by atoms with E-state index in [0.717, 1.165) is 42.5 Å². The van der Waals surface area contributed by atoms with Gasteiger partial charge in [0.1, 0.15) is 0 Å². The summed E-state index contributed by atoms with van der Waals surface area (Å²) in [5.41, 5.74) is 3.61. The van der Waals surface area contributed by atoms with E-state index < -0.39 is 14.6 Å². The summed E-state index contributed by atoms with van der Waals surface area (Å²) in [7, 11) is -3.80. The molecule has 2 aromatic rings. The number of carbonyl (C=O) groups is 1. The molecule has 1 amide bonds. The number of hydrogen-bond acceptors (Lipinski definition) is 3. The number of fused-ring (bicyclic) bond motifs is 1. The molecule has 0 aromatic heterocycles. The first-order chi connectivity index (χ1) is 13.4. The Morgan fingerprint density at radius 3 is 2.46 bits per heavy atom. The molecule has 1 aliphatic carbocycles. The number of para-hydroxylation sites is 1.